The van der Waals surface area contributed by atoms with Gasteiger partial charge in [0.05, 0.1) is 6.54 Å². The van der Waals surface area contributed by atoms with E-state index in [0.717, 1.165) is 32.0 Å². The molecule has 0 fully saturated rings. The third-order valence-electron chi connectivity index (χ3n) is 4.59. The van der Waals surface area contributed by atoms with Crippen molar-refractivity contribution in [1.82, 2.24) is 25.4 Å². The number of rotatable bonds is 8. The summed E-state index contributed by atoms with van der Waals surface area (Å²) < 4.78 is 1.82. The molecule has 0 aliphatic rings. The molecule has 2 aromatic carbocycles. The molecular weight excluding hydrogens is 348 g/mol. The summed E-state index contributed by atoms with van der Waals surface area (Å²) in [5.41, 5.74) is 4.87. The minimum Gasteiger partial charge on any atom is -0.356 e. The molecule has 2 N–H and O–H groups in total. The minimum absolute atomic E-state index is 0.725. The van der Waals surface area contributed by atoms with Crippen molar-refractivity contribution >= 4 is 5.96 Å². The third kappa shape index (κ3) is 5.42. The number of aromatic nitrogens is 3. The Labute approximate surface area is 166 Å². The van der Waals surface area contributed by atoms with E-state index in [-0.39, 0.29) is 0 Å². The predicted octanol–water partition coefficient (Wildman–Crippen LogP) is 3.46. The molecule has 0 saturated carbocycles. The van der Waals surface area contributed by atoms with Crippen molar-refractivity contribution in [3.8, 4) is 11.1 Å². The van der Waals surface area contributed by atoms with Gasteiger partial charge in [0, 0.05) is 20.1 Å². The van der Waals surface area contributed by atoms with E-state index in [0.29, 0.717) is 0 Å². The van der Waals surface area contributed by atoms with E-state index in [1.54, 1.807) is 19.7 Å². The number of nitrogens with one attached hydrogen (secondary N) is 2. The molecule has 0 saturated heterocycles. The Kier molecular flexibility index (Phi) is 7.18. The number of aliphatic imine (C=N–C) groups is 1. The molecule has 28 heavy (non-hydrogen) atoms. The number of hydrogen-bond acceptors (Lipinski definition) is 3. The van der Waals surface area contributed by atoms with Gasteiger partial charge < -0.3 is 10.6 Å². The van der Waals surface area contributed by atoms with Crippen molar-refractivity contribution in [2.75, 3.05) is 13.6 Å². The number of hydrogen-bond donors (Lipinski definition) is 2. The van der Waals surface area contributed by atoms with Crippen LogP contribution < -0.4 is 10.6 Å². The summed E-state index contributed by atoms with van der Waals surface area (Å²) in [6, 6.07) is 17.1. The Hall–Kier alpha value is -3.15. The fourth-order valence-electron chi connectivity index (χ4n) is 3.03. The second kappa shape index (κ2) is 10.3. The van der Waals surface area contributed by atoms with Crippen LogP contribution in [0.15, 0.2) is 66.2 Å². The van der Waals surface area contributed by atoms with Gasteiger partial charge >= 0.3 is 0 Å². The zero-order valence-corrected chi connectivity index (χ0v) is 16.6. The molecular formula is C22H28N6. The molecule has 0 aliphatic heterocycles. The highest BCUT2D eigenvalue weighted by Crippen LogP contribution is 2.24. The van der Waals surface area contributed by atoms with Crippen molar-refractivity contribution in [3.05, 3.63) is 72.3 Å². The van der Waals surface area contributed by atoms with Crippen LogP contribution in [0.5, 0.6) is 0 Å². The molecule has 0 amide bonds. The first kappa shape index (κ1) is 19.6. The first-order valence-electron chi connectivity index (χ1n) is 9.74. The van der Waals surface area contributed by atoms with Crippen LogP contribution in [0.4, 0.5) is 0 Å². The lowest BCUT2D eigenvalue weighted by Crippen LogP contribution is -2.37. The molecule has 0 spiro atoms. The van der Waals surface area contributed by atoms with Gasteiger partial charge in [-0.2, -0.15) is 5.10 Å². The minimum atomic E-state index is 0.725. The quantitative estimate of drug-likeness (QED) is 0.359. The van der Waals surface area contributed by atoms with Crippen LogP contribution in [-0.4, -0.2) is 34.3 Å². The molecule has 0 radical (unpaired) electrons. The van der Waals surface area contributed by atoms with E-state index < -0.39 is 0 Å². The Balaban J connectivity index is 1.67. The maximum Gasteiger partial charge on any atom is 0.191 e. The zero-order valence-electron chi connectivity index (χ0n) is 16.6. The van der Waals surface area contributed by atoms with Gasteiger partial charge in [0.25, 0.3) is 0 Å². The molecule has 0 atom stereocenters. The molecule has 146 valence electrons. The molecule has 1 aromatic heterocycles. The summed E-state index contributed by atoms with van der Waals surface area (Å²) in [7, 11) is 1.81. The van der Waals surface area contributed by atoms with E-state index >= 15 is 0 Å². The van der Waals surface area contributed by atoms with Gasteiger partial charge in [-0.3, -0.25) is 4.99 Å². The molecule has 0 aliphatic carbocycles. The van der Waals surface area contributed by atoms with E-state index in [1.165, 1.54) is 28.7 Å². The van der Waals surface area contributed by atoms with Gasteiger partial charge in [-0.1, -0.05) is 61.9 Å². The van der Waals surface area contributed by atoms with E-state index in [4.69, 9.17) is 0 Å². The SMILES string of the molecule is CCCCNC(=NC)NCc1ccccc1-c1ccc(Cn2cncn2)cc1. The largest absolute Gasteiger partial charge is 0.356 e. The van der Waals surface area contributed by atoms with Gasteiger partial charge in [-0.25, -0.2) is 9.67 Å². The van der Waals surface area contributed by atoms with Gasteiger partial charge in [0.15, 0.2) is 5.96 Å². The number of unbranched alkanes of at least 4 members (excludes halogenated alkanes) is 1. The molecule has 6 heteroatoms. The van der Waals surface area contributed by atoms with Gasteiger partial charge in [0.2, 0.25) is 0 Å². The fraction of sp³-hybridized carbons (Fsp3) is 0.318. The summed E-state index contributed by atoms with van der Waals surface area (Å²) in [4.78, 5) is 8.30. The molecule has 3 rings (SSSR count). The summed E-state index contributed by atoms with van der Waals surface area (Å²) >= 11 is 0. The molecule has 0 unspecified atom stereocenters. The van der Waals surface area contributed by atoms with Gasteiger partial charge in [0.1, 0.15) is 12.7 Å². The molecule has 3 aromatic rings. The number of nitrogens with zero attached hydrogens (tertiary/aromatic N) is 4. The maximum absolute atomic E-state index is 4.31. The standard InChI is InChI=1S/C22H28N6/c1-3-4-13-25-22(23-2)26-14-20-7-5-6-8-21(20)19-11-9-18(10-12-19)15-28-17-24-16-27-28/h5-12,16-17H,3-4,13-15H2,1-2H3,(H2,23,25,26). The van der Waals surface area contributed by atoms with Crippen molar-refractivity contribution in [3.63, 3.8) is 0 Å². The molecule has 0 bridgehead atoms. The lowest BCUT2D eigenvalue weighted by molar-refractivity contribution is 0.685. The monoisotopic (exact) mass is 376 g/mol. The van der Waals surface area contributed by atoms with Crippen LogP contribution in [0.2, 0.25) is 0 Å². The Morgan fingerprint density at radius 2 is 1.89 bits per heavy atom. The van der Waals surface area contributed by atoms with Crippen molar-refractivity contribution < 1.29 is 0 Å². The van der Waals surface area contributed by atoms with Crippen LogP contribution >= 0.6 is 0 Å². The second-order valence-electron chi connectivity index (χ2n) is 6.65. The van der Waals surface area contributed by atoms with Crippen molar-refractivity contribution in [1.29, 1.82) is 0 Å². The normalized spacial score (nSPS) is 11.4. The highest BCUT2D eigenvalue weighted by Gasteiger charge is 2.06. The van der Waals surface area contributed by atoms with Crippen LogP contribution in [0.1, 0.15) is 30.9 Å². The third-order valence-corrected chi connectivity index (χ3v) is 4.59. The van der Waals surface area contributed by atoms with Crippen LogP contribution in [0, 0.1) is 0 Å². The Morgan fingerprint density at radius 3 is 2.61 bits per heavy atom. The van der Waals surface area contributed by atoms with Gasteiger partial charge in [-0.15, -0.1) is 0 Å². The topological polar surface area (TPSA) is 67.1 Å². The van der Waals surface area contributed by atoms with E-state index in [1.807, 2.05) is 4.68 Å². The smallest absolute Gasteiger partial charge is 0.191 e. The lowest BCUT2D eigenvalue weighted by atomic mass is 9.98. The van der Waals surface area contributed by atoms with E-state index in [9.17, 15) is 0 Å². The summed E-state index contributed by atoms with van der Waals surface area (Å²) in [6.45, 7) is 4.57. The number of guanidine groups is 1. The zero-order chi connectivity index (χ0) is 19.6. The van der Waals surface area contributed by atoms with Crippen LogP contribution in [0.3, 0.4) is 0 Å². The average Bonchev–Trinajstić information content (AvgIpc) is 3.24. The first-order valence-corrected chi connectivity index (χ1v) is 9.74. The molecule has 6 nitrogen and oxygen atoms in total. The van der Waals surface area contributed by atoms with Crippen molar-refractivity contribution in [2.24, 2.45) is 4.99 Å². The summed E-state index contributed by atoms with van der Waals surface area (Å²) in [6.07, 6.45) is 5.59. The first-order chi connectivity index (χ1) is 13.8. The summed E-state index contributed by atoms with van der Waals surface area (Å²) in [5, 5.41) is 10.9. The Morgan fingerprint density at radius 1 is 1.07 bits per heavy atom. The fourth-order valence-corrected chi connectivity index (χ4v) is 3.03. The average molecular weight is 377 g/mol. The van der Waals surface area contributed by atoms with Gasteiger partial charge in [-0.05, 0) is 28.7 Å². The molecule has 1 heterocycles. The lowest BCUT2D eigenvalue weighted by Gasteiger charge is -2.14. The van der Waals surface area contributed by atoms with E-state index in [2.05, 4.69) is 81.2 Å². The highest BCUT2D eigenvalue weighted by atomic mass is 15.3. The maximum atomic E-state index is 4.31. The second-order valence-corrected chi connectivity index (χ2v) is 6.65. The summed E-state index contributed by atoms with van der Waals surface area (Å²) in [5.74, 6) is 0.839. The Bertz CT molecular complexity index is 868. The number of benzene rings is 2. The highest BCUT2D eigenvalue weighted by molar-refractivity contribution is 5.80. The van der Waals surface area contributed by atoms with Crippen LogP contribution in [0.25, 0.3) is 11.1 Å². The predicted molar refractivity (Wildman–Crippen MR) is 114 cm³/mol. The van der Waals surface area contributed by atoms with Crippen molar-refractivity contribution in [2.45, 2.75) is 32.9 Å². The van der Waals surface area contributed by atoms with Crippen LogP contribution in [-0.2, 0) is 13.1 Å².